The Hall–Kier alpha value is -2.08. The van der Waals surface area contributed by atoms with Gasteiger partial charge in [0, 0.05) is 30.9 Å². The van der Waals surface area contributed by atoms with Gasteiger partial charge in [-0.25, -0.2) is 19.9 Å². The van der Waals surface area contributed by atoms with Crippen LogP contribution < -0.4 is 5.32 Å². The Labute approximate surface area is 111 Å². The number of rotatable bonds is 3. The Kier molecular flexibility index (Phi) is 3.33. The summed E-state index contributed by atoms with van der Waals surface area (Å²) in [5.41, 5.74) is 2.08. The van der Waals surface area contributed by atoms with Crippen LogP contribution in [-0.4, -0.2) is 33.1 Å². The summed E-state index contributed by atoms with van der Waals surface area (Å²) in [6.45, 7) is 4.10. The van der Waals surface area contributed by atoms with Crippen LogP contribution in [0.15, 0.2) is 18.5 Å². The molecule has 2 aromatic rings. The van der Waals surface area contributed by atoms with Crippen LogP contribution in [0.2, 0.25) is 0 Å². The van der Waals surface area contributed by atoms with Crippen molar-refractivity contribution in [1.29, 1.82) is 0 Å². The van der Waals surface area contributed by atoms with E-state index in [1.165, 1.54) is 0 Å². The van der Waals surface area contributed by atoms with Crippen molar-refractivity contribution in [2.45, 2.75) is 20.0 Å². The fourth-order valence-corrected chi connectivity index (χ4v) is 2.06. The maximum atomic E-state index is 5.48. The molecule has 6 heteroatoms. The van der Waals surface area contributed by atoms with E-state index in [-0.39, 0.29) is 0 Å². The molecule has 0 fully saturated rings. The van der Waals surface area contributed by atoms with Gasteiger partial charge in [0.25, 0.3) is 0 Å². The zero-order chi connectivity index (χ0) is 13.1. The van der Waals surface area contributed by atoms with Crippen LogP contribution in [0, 0.1) is 0 Å². The highest BCUT2D eigenvalue weighted by Crippen LogP contribution is 2.24. The number of nitrogens with one attached hydrogen (secondary N) is 1. The van der Waals surface area contributed by atoms with Crippen LogP contribution in [0.4, 0.5) is 5.82 Å². The first-order valence-corrected chi connectivity index (χ1v) is 6.37. The quantitative estimate of drug-likeness (QED) is 0.897. The van der Waals surface area contributed by atoms with E-state index in [1.54, 1.807) is 18.5 Å². The molecule has 0 saturated carbocycles. The van der Waals surface area contributed by atoms with Crippen LogP contribution >= 0.6 is 0 Å². The summed E-state index contributed by atoms with van der Waals surface area (Å²) in [6, 6.07) is 1.78. The van der Waals surface area contributed by atoms with Gasteiger partial charge < -0.3 is 10.1 Å². The van der Waals surface area contributed by atoms with Crippen LogP contribution in [0.1, 0.15) is 18.2 Å². The first kappa shape index (κ1) is 12.0. The van der Waals surface area contributed by atoms with E-state index in [9.17, 15) is 0 Å². The molecular formula is C13H15N5O. The molecule has 0 saturated heterocycles. The number of anilines is 1. The summed E-state index contributed by atoms with van der Waals surface area (Å²) >= 11 is 0. The molecule has 1 N–H and O–H groups in total. The van der Waals surface area contributed by atoms with E-state index >= 15 is 0 Å². The third kappa shape index (κ3) is 2.39. The third-order valence-electron chi connectivity index (χ3n) is 2.93. The molecule has 2 aromatic heterocycles. The van der Waals surface area contributed by atoms with E-state index in [2.05, 4.69) is 25.3 Å². The average Bonchev–Trinajstić information content (AvgIpc) is 2.48. The molecule has 0 atom stereocenters. The smallest absolute Gasteiger partial charge is 0.199 e. The average molecular weight is 257 g/mol. The van der Waals surface area contributed by atoms with Crippen LogP contribution in [0.25, 0.3) is 11.6 Å². The number of hydrogen-bond donors (Lipinski definition) is 1. The molecule has 0 aliphatic carbocycles. The van der Waals surface area contributed by atoms with Gasteiger partial charge in [-0.3, -0.25) is 0 Å². The fraction of sp³-hybridized carbons (Fsp3) is 0.385. The Morgan fingerprint density at radius 1 is 1.21 bits per heavy atom. The molecule has 0 radical (unpaired) electrons. The number of fused-ring (bicyclic) bond motifs is 1. The zero-order valence-corrected chi connectivity index (χ0v) is 10.8. The van der Waals surface area contributed by atoms with Gasteiger partial charge in [0.05, 0.1) is 18.9 Å². The van der Waals surface area contributed by atoms with Gasteiger partial charge in [0.1, 0.15) is 5.82 Å². The maximum absolute atomic E-state index is 5.48. The monoisotopic (exact) mass is 257 g/mol. The van der Waals surface area contributed by atoms with Crippen LogP contribution in [0.5, 0.6) is 0 Å². The molecule has 0 spiro atoms. The van der Waals surface area contributed by atoms with Crippen molar-refractivity contribution in [2.24, 2.45) is 0 Å². The molecule has 1 aliphatic heterocycles. The van der Waals surface area contributed by atoms with Gasteiger partial charge in [-0.05, 0) is 13.0 Å². The minimum Gasteiger partial charge on any atom is -0.376 e. The predicted octanol–water partition coefficient (Wildman–Crippen LogP) is 1.44. The highest BCUT2D eigenvalue weighted by atomic mass is 16.5. The summed E-state index contributed by atoms with van der Waals surface area (Å²) in [4.78, 5) is 17.5. The number of aromatic nitrogens is 4. The van der Waals surface area contributed by atoms with E-state index in [4.69, 9.17) is 4.74 Å². The molecule has 0 amide bonds. The summed E-state index contributed by atoms with van der Waals surface area (Å²) in [7, 11) is 0. The van der Waals surface area contributed by atoms with Crippen molar-refractivity contribution in [3.05, 3.63) is 29.7 Å². The lowest BCUT2D eigenvalue weighted by molar-refractivity contribution is 0.109. The Bertz CT molecular complexity index is 573. The summed E-state index contributed by atoms with van der Waals surface area (Å²) in [6.07, 6.45) is 4.19. The topological polar surface area (TPSA) is 72.8 Å². The van der Waals surface area contributed by atoms with E-state index in [1.807, 2.05) is 6.92 Å². The zero-order valence-electron chi connectivity index (χ0n) is 10.8. The molecule has 0 bridgehead atoms. The Morgan fingerprint density at radius 2 is 2.05 bits per heavy atom. The first-order valence-electron chi connectivity index (χ1n) is 6.37. The minimum atomic E-state index is 0.552. The number of ether oxygens (including phenoxy) is 1. The molecule has 1 aliphatic rings. The van der Waals surface area contributed by atoms with Crippen molar-refractivity contribution >= 4 is 5.82 Å². The SMILES string of the molecule is CCNc1nc(-c2ncccn2)nc2c1COCC2. The summed E-state index contributed by atoms with van der Waals surface area (Å²) in [5.74, 6) is 1.95. The fourth-order valence-electron chi connectivity index (χ4n) is 2.06. The first-order chi connectivity index (χ1) is 9.38. The maximum Gasteiger partial charge on any atom is 0.199 e. The largest absolute Gasteiger partial charge is 0.376 e. The Balaban J connectivity index is 2.09. The molecule has 19 heavy (non-hydrogen) atoms. The van der Waals surface area contributed by atoms with Crippen LogP contribution in [-0.2, 0) is 17.8 Å². The second-order valence-corrected chi connectivity index (χ2v) is 4.23. The normalized spacial score (nSPS) is 13.9. The van der Waals surface area contributed by atoms with E-state index in [0.717, 1.165) is 30.0 Å². The van der Waals surface area contributed by atoms with E-state index in [0.29, 0.717) is 24.9 Å². The van der Waals surface area contributed by atoms with Crippen molar-refractivity contribution in [3.8, 4) is 11.6 Å². The second-order valence-electron chi connectivity index (χ2n) is 4.23. The molecule has 0 aromatic carbocycles. The molecule has 3 heterocycles. The standard InChI is InChI=1S/C13H15N5O/c1-2-14-11-9-8-19-7-4-10(9)17-13(18-11)12-15-5-3-6-16-12/h3,5-6H,2,4,7-8H2,1H3,(H,14,17,18). The number of hydrogen-bond acceptors (Lipinski definition) is 6. The second kappa shape index (κ2) is 5.27. The lowest BCUT2D eigenvalue weighted by atomic mass is 10.1. The number of nitrogens with zero attached hydrogens (tertiary/aromatic N) is 4. The summed E-state index contributed by atoms with van der Waals surface area (Å²) in [5, 5.41) is 3.26. The van der Waals surface area contributed by atoms with Crippen LogP contribution in [0.3, 0.4) is 0 Å². The van der Waals surface area contributed by atoms with Crippen molar-refractivity contribution in [2.75, 3.05) is 18.5 Å². The van der Waals surface area contributed by atoms with Gasteiger partial charge >= 0.3 is 0 Å². The van der Waals surface area contributed by atoms with Gasteiger partial charge in [0.2, 0.25) is 0 Å². The van der Waals surface area contributed by atoms with Gasteiger partial charge in [-0.1, -0.05) is 0 Å². The van der Waals surface area contributed by atoms with Crippen molar-refractivity contribution in [3.63, 3.8) is 0 Å². The van der Waals surface area contributed by atoms with E-state index < -0.39 is 0 Å². The molecular weight excluding hydrogens is 242 g/mol. The molecule has 3 rings (SSSR count). The van der Waals surface area contributed by atoms with Gasteiger partial charge in [-0.15, -0.1) is 0 Å². The third-order valence-corrected chi connectivity index (χ3v) is 2.93. The summed E-state index contributed by atoms with van der Waals surface area (Å²) < 4.78 is 5.48. The molecule has 0 unspecified atom stereocenters. The lowest BCUT2D eigenvalue weighted by Crippen LogP contribution is -2.17. The minimum absolute atomic E-state index is 0.552. The highest BCUT2D eigenvalue weighted by Gasteiger charge is 2.19. The molecule has 6 nitrogen and oxygen atoms in total. The Morgan fingerprint density at radius 3 is 2.84 bits per heavy atom. The highest BCUT2D eigenvalue weighted by molar-refractivity contribution is 5.54. The van der Waals surface area contributed by atoms with Gasteiger partial charge in [0.15, 0.2) is 11.6 Å². The molecule has 98 valence electrons. The van der Waals surface area contributed by atoms with Gasteiger partial charge in [-0.2, -0.15) is 0 Å². The van der Waals surface area contributed by atoms with Crippen molar-refractivity contribution < 1.29 is 4.74 Å². The lowest BCUT2D eigenvalue weighted by Gasteiger charge is -2.19. The van der Waals surface area contributed by atoms with Crippen molar-refractivity contribution in [1.82, 2.24) is 19.9 Å². The predicted molar refractivity (Wildman–Crippen MR) is 70.6 cm³/mol.